The van der Waals surface area contributed by atoms with E-state index in [1.54, 1.807) is 0 Å². The van der Waals surface area contributed by atoms with Crippen LogP contribution in [0.15, 0.2) is 42.5 Å². The lowest BCUT2D eigenvalue weighted by Crippen LogP contribution is -2.17. The third kappa shape index (κ3) is 3.20. The summed E-state index contributed by atoms with van der Waals surface area (Å²) in [6, 6.07) is 15.4. The first-order valence-corrected chi connectivity index (χ1v) is 7.24. The highest BCUT2D eigenvalue weighted by molar-refractivity contribution is 5.67. The van der Waals surface area contributed by atoms with Crippen LogP contribution in [0.25, 0.3) is 0 Å². The second-order valence-corrected chi connectivity index (χ2v) is 5.23. The van der Waals surface area contributed by atoms with E-state index >= 15 is 0 Å². The van der Waals surface area contributed by atoms with Gasteiger partial charge in [0.25, 0.3) is 0 Å². The summed E-state index contributed by atoms with van der Waals surface area (Å²) in [4.78, 5) is 2.37. The number of hydrogen-bond donors (Lipinski definition) is 1. The van der Waals surface area contributed by atoms with E-state index < -0.39 is 0 Å². The molecule has 0 unspecified atom stereocenters. The zero-order valence-electron chi connectivity index (χ0n) is 12.9. The Balaban J connectivity index is 2.37. The van der Waals surface area contributed by atoms with E-state index in [1.807, 2.05) is 7.05 Å². The van der Waals surface area contributed by atoms with Gasteiger partial charge in [-0.2, -0.15) is 0 Å². The molecule has 0 radical (unpaired) electrons. The summed E-state index contributed by atoms with van der Waals surface area (Å²) in [5.74, 6) is 0. The van der Waals surface area contributed by atoms with Crippen molar-refractivity contribution in [2.24, 2.45) is 0 Å². The van der Waals surface area contributed by atoms with E-state index in [1.165, 1.54) is 28.1 Å². The maximum atomic E-state index is 3.20. The number of benzene rings is 2. The van der Waals surface area contributed by atoms with Crippen LogP contribution in [0, 0.1) is 13.8 Å². The third-order valence-electron chi connectivity index (χ3n) is 3.56. The van der Waals surface area contributed by atoms with Gasteiger partial charge in [0.2, 0.25) is 0 Å². The Bertz CT molecular complexity index is 575. The summed E-state index contributed by atoms with van der Waals surface area (Å²) in [6.45, 7) is 8.41. The molecule has 0 aliphatic heterocycles. The topological polar surface area (TPSA) is 15.3 Å². The maximum Gasteiger partial charge on any atom is 0.0440 e. The van der Waals surface area contributed by atoms with E-state index in [0.29, 0.717) is 0 Å². The molecule has 2 aromatic carbocycles. The van der Waals surface area contributed by atoms with Crippen molar-refractivity contribution >= 4 is 11.4 Å². The molecule has 106 valence electrons. The zero-order valence-corrected chi connectivity index (χ0v) is 12.9. The fourth-order valence-corrected chi connectivity index (χ4v) is 2.62. The summed E-state index contributed by atoms with van der Waals surface area (Å²) in [7, 11) is 1.98. The number of rotatable bonds is 5. The van der Waals surface area contributed by atoms with E-state index in [9.17, 15) is 0 Å². The van der Waals surface area contributed by atoms with Crippen molar-refractivity contribution < 1.29 is 0 Å². The average molecular weight is 268 g/mol. The molecule has 2 aromatic rings. The molecule has 0 spiro atoms. The van der Waals surface area contributed by atoms with E-state index in [4.69, 9.17) is 0 Å². The first-order valence-electron chi connectivity index (χ1n) is 7.24. The minimum Gasteiger partial charge on any atom is -0.342 e. The normalized spacial score (nSPS) is 10.6. The highest BCUT2D eigenvalue weighted by atomic mass is 15.1. The Kier molecular flexibility index (Phi) is 4.80. The predicted molar refractivity (Wildman–Crippen MR) is 87.8 cm³/mol. The highest BCUT2D eigenvalue weighted by Crippen LogP contribution is 2.29. The number of nitrogens with one attached hydrogen (secondary N) is 1. The van der Waals surface area contributed by atoms with E-state index in [-0.39, 0.29) is 0 Å². The van der Waals surface area contributed by atoms with Gasteiger partial charge in [-0.1, -0.05) is 24.3 Å². The second-order valence-electron chi connectivity index (χ2n) is 5.23. The van der Waals surface area contributed by atoms with Gasteiger partial charge >= 0.3 is 0 Å². The molecule has 0 fully saturated rings. The predicted octanol–water partition coefficient (Wildman–Crippen LogP) is 4.18. The molecular formula is C18H24N2. The van der Waals surface area contributed by atoms with Gasteiger partial charge in [-0.15, -0.1) is 0 Å². The molecule has 2 nitrogen and oxygen atoms in total. The summed E-state index contributed by atoms with van der Waals surface area (Å²) in [5, 5.41) is 3.20. The first-order chi connectivity index (χ1) is 9.65. The van der Waals surface area contributed by atoms with Gasteiger partial charge in [0, 0.05) is 24.5 Å². The minimum atomic E-state index is 0.914. The Labute approximate surface area is 122 Å². The van der Waals surface area contributed by atoms with Gasteiger partial charge < -0.3 is 10.2 Å². The van der Waals surface area contributed by atoms with Crippen molar-refractivity contribution in [3.05, 3.63) is 59.2 Å². The van der Waals surface area contributed by atoms with Crippen LogP contribution in [-0.2, 0) is 6.54 Å². The van der Waals surface area contributed by atoms with Crippen LogP contribution >= 0.6 is 0 Å². The van der Waals surface area contributed by atoms with E-state index in [2.05, 4.69) is 73.5 Å². The van der Waals surface area contributed by atoms with Gasteiger partial charge in [-0.25, -0.2) is 0 Å². The van der Waals surface area contributed by atoms with Crippen LogP contribution in [-0.4, -0.2) is 13.6 Å². The van der Waals surface area contributed by atoms with Crippen LogP contribution in [0.3, 0.4) is 0 Å². The van der Waals surface area contributed by atoms with Gasteiger partial charge in [0.05, 0.1) is 0 Å². The maximum absolute atomic E-state index is 3.20. The molecule has 20 heavy (non-hydrogen) atoms. The molecule has 0 saturated heterocycles. The lowest BCUT2D eigenvalue weighted by molar-refractivity contribution is 0.816. The molecule has 0 aromatic heterocycles. The molecule has 0 atom stereocenters. The summed E-state index contributed by atoms with van der Waals surface area (Å²) in [6.07, 6.45) is 0. The van der Waals surface area contributed by atoms with Gasteiger partial charge in [0.1, 0.15) is 0 Å². The van der Waals surface area contributed by atoms with Gasteiger partial charge in [0.15, 0.2) is 0 Å². The Morgan fingerprint density at radius 3 is 2.45 bits per heavy atom. The molecule has 0 heterocycles. The van der Waals surface area contributed by atoms with Crippen LogP contribution in [0.2, 0.25) is 0 Å². The zero-order chi connectivity index (χ0) is 14.5. The second kappa shape index (κ2) is 6.58. The van der Waals surface area contributed by atoms with Crippen molar-refractivity contribution in [2.75, 3.05) is 18.5 Å². The number of anilines is 2. The van der Waals surface area contributed by atoms with Gasteiger partial charge in [-0.3, -0.25) is 0 Å². The average Bonchev–Trinajstić information content (AvgIpc) is 2.42. The Morgan fingerprint density at radius 2 is 1.85 bits per heavy atom. The smallest absolute Gasteiger partial charge is 0.0440 e. The summed E-state index contributed by atoms with van der Waals surface area (Å²) < 4.78 is 0. The standard InChI is InChI=1S/C18H24N2/c1-5-20(17-8-6-7-14(2)11-17)18-10-9-16(13-19-4)12-15(18)3/h6-12,19H,5,13H2,1-4H3. The molecule has 2 rings (SSSR count). The molecule has 0 saturated carbocycles. The first kappa shape index (κ1) is 14.6. The lowest BCUT2D eigenvalue weighted by Gasteiger charge is -2.26. The fraction of sp³-hybridized carbons (Fsp3) is 0.333. The van der Waals surface area contributed by atoms with Crippen LogP contribution < -0.4 is 10.2 Å². The molecule has 2 heteroatoms. The third-order valence-corrected chi connectivity index (χ3v) is 3.56. The van der Waals surface area contributed by atoms with Gasteiger partial charge in [-0.05, 0) is 62.7 Å². The van der Waals surface area contributed by atoms with E-state index in [0.717, 1.165) is 13.1 Å². The highest BCUT2D eigenvalue weighted by Gasteiger charge is 2.10. The van der Waals surface area contributed by atoms with Crippen molar-refractivity contribution in [3.63, 3.8) is 0 Å². The number of aryl methyl sites for hydroxylation is 2. The number of hydrogen-bond acceptors (Lipinski definition) is 2. The molecule has 0 amide bonds. The molecular weight excluding hydrogens is 244 g/mol. The van der Waals surface area contributed by atoms with Crippen LogP contribution in [0.4, 0.5) is 11.4 Å². The Hall–Kier alpha value is -1.80. The quantitative estimate of drug-likeness (QED) is 0.875. The number of nitrogens with zero attached hydrogens (tertiary/aromatic N) is 1. The minimum absolute atomic E-state index is 0.914. The molecule has 0 aliphatic carbocycles. The largest absolute Gasteiger partial charge is 0.342 e. The molecule has 1 N–H and O–H groups in total. The molecule has 0 bridgehead atoms. The van der Waals surface area contributed by atoms with Crippen molar-refractivity contribution in [1.82, 2.24) is 5.32 Å². The summed E-state index contributed by atoms with van der Waals surface area (Å²) >= 11 is 0. The van der Waals surface area contributed by atoms with Crippen molar-refractivity contribution in [2.45, 2.75) is 27.3 Å². The van der Waals surface area contributed by atoms with Crippen molar-refractivity contribution in [3.8, 4) is 0 Å². The molecule has 0 aliphatic rings. The lowest BCUT2D eigenvalue weighted by atomic mass is 10.1. The fourth-order valence-electron chi connectivity index (χ4n) is 2.62. The Morgan fingerprint density at radius 1 is 1.05 bits per heavy atom. The summed E-state index contributed by atoms with van der Waals surface area (Å²) in [5.41, 5.74) is 6.50. The van der Waals surface area contributed by atoms with Crippen molar-refractivity contribution in [1.29, 1.82) is 0 Å². The van der Waals surface area contributed by atoms with Crippen LogP contribution in [0.5, 0.6) is 0 Å². The SMILES string of the molecule is CCN(c1cccc(C)c1)c1ccc(CNC)cc1C. The van der Waals surface area contributed by atoms with Crippen LogP contribution in [0.1, 0.15) is 23.6 Å². The monoisotopic (exact) mass is 268 g/mol.